The van der Waals surface area contributed by atoms with Gasteiger partial charge in [-0.3, -0.25) is 0 Å². The quantitative estimate of drug-likeness (QED) is 0.784. The van der Waals surface area contributed by atoms with Gasteiger partial charge in [-0.25, -0.2) is 4.79 Å². The minimum Gasteiger partial charge on any atom is -0.456 e. The predicted octanol–water partition coefficient (Wildman–Crippen LogP) is 2.98. The van der Waals surface area contributed by atoms with Crippen molar-refractivity contribution < 1.29 is 9.53 Å². The van der Waals surface area contributed by atoms with Crippen molar-refractivity contribution in [1.82, 2.24) is 4.37 Å². The zero-order valence-corrected chi connectivity index (χ0v) is 12.1. The molecule has 0 amide bonds. The van der Waals surface area contributed by atoms with Crippen LogP contribution in [0, 0.1) is 0 Å². The average molecular weight is 256 g/mol. The zero-order chi connectivity index (χ0) is 13.4. The third kappa shape index (κ3) is 3.43. The van der Waals surface area contributed by atoms with Gasteiger partial charge in [0.05, 0.1) is 5.69 Å². The zero-order valence-electron chi connectivity index (χ0n) is 11.2. The van der Waals surface area contributed by atoms with Gasteiger partial charge in [0.15, 0.2) is 0 Å². The molecule has 1 heterocycles. The van der Waals surface area contributed by atoms with E-state index in [4.69, 9.17) is 10.5 Å². The highest BCUT2D eigenvalue weighted by atomic mass is 32.1. The van der Waals surface area contributed by atoms with Gasteiger partial charge in [-0.2, -0.15) is 4.37 Å². The second kappa shape index (κ2) is 4.29. The average Bonchev–Trinajstić information content (AvgIpc) is 2.42. The second-order valence-corrected chi connectivity index (χ2v) is 6.83. The van der Waals surface area contributed by atoms with Gasteiger partial charge in [0.2, 0.25) is 0 Å². The number of nitrogen functional groups attached to an aromatic ring is 1. The highest BCUT2D eigenvalue weighted by molar-refractivity contribution is 7.10. The number of esters is 1. The number of carbonyl (C=O) groups is 1. The molecule has 4 nitrogen and oxygen atoms in total. The number of nitrogens with zero attached hydrogens (tertiary/aromatic N) is 1. The van der Waals surface area contributed by atoms with Gasteiger partial charge >= 0.3 is 5.97 Å². The molecule has 0 bridgehead atoms. The van der Waals surface area contributed by atoms with E-state index >= 15 is 0 Å². The lowest BCUT2D eigenvalue weighted by atomic mass is 9.89. The largest absolute Gasteiger partial charge is 0.456 e. The number of ether oxygens (including phenoxy) is 1. The van der Waals surface area contributed by atoms with Gasteiger partial charge in [-0.05, 0) is 32.3 Å². The van der Waals surface area contributed by atoms with E-state index in [2.05, 4.69) is 4.37 Å². The topological polar surface area (TPSA) is 65.2 Å². The number of aromatic nitrogens is 1. The Kier molecular flexibility index (Phi) is 3.52. The van der Waals surface area contributed by atoms with Crippen LogP contribution in [0.1, 0.15) is 57.6 Å². The summed E-state index contributed by atoms with van der Waals surface area (Å²) in [5.41, 5.74) is 6.18. The summed E-state index contributed by atoms with van der Waals surface area (Å²) < 4.78 is 9.60. The minimum atomic E-state index is -0.527. The molecule has 1 aromatic rings. The van der Waals surface area contributed by atoms with Crippen molar-refractivity contribution in [2.45, 2.75) is 52.6 Å². The fraction of sp³-hybridized carbons (Fsp3) is 0.667. The molecule has 0 aliphatic carbocycles. The second-order valence-electron chi connectivity index (χ2n) is 6.02. The standard InChI is InChI=1S/C12H20N2O2S/c1-11(2,3)8-7(9(13)17-14-8)10(15)16-12(4,5)6/h13H2,1-6H3. The van der Waals surface area contributed by atoms with Crippen molar-refractivity contribution in [2.24, 2.45) is 0 Å². The van der Waals surface area contributed by atoms with Crippen molar-refractivity contribution in [1.29, 1.82) is 0 Å². The van der Waals surface area contributed by atoms with E-state index in [0.29, 0.717) is 16.3 Å². The van der Waals surface area contributed by atoms with Gasteiger partial charge in [-0.1, -0.05) is 20.8 Å². The van der Waals surface area contributed by atoms with E-state index in [1.54, 1.807) is 0 Å². The highest BCUT2D eigenvalue weighted by Gasteiger charge is 2.30. The van der Waals surface area contributed by atoms with E-state index < -0.39 is 11.6 Å². The molecule has 0 aromatic carbocycles. The van der Waals surface area contributed by atoms with Crippen LogP contribution in [0.2, 0.25) is 0 Å². The molecule has 0 aliphatic rings. The molecule has 0 spiro atoms. The van der Waals surface area contributed by atoms with Crippen LogP contribution < -0.4 is 5.73 Å². The van der Waals surface area contributed by atoms with Gasteiger partial charge in [-0.15, -0.1) is 0 Å². The molecular weight excluding hydrogens is 236 g/mol. The fourth-order valence-corrected chi connectivity index (χ4v) is 2.17. The molecule has 96 valence electrons. The van der Waals surface area contributed by atoms with Crippen molar-refractivity contribution in [3.05, 3.63) is 11.3 Å². The van der Waals surface area contributed by atoms with Gasteiger partial charge in [0, 0.05) is 5.41 Å². The summed E-state index contributed by atoms with van der Waals surface area (Å²) in [6, 6.07) is 0. The van der Waals surface area contributed by atoms with E-state index in [1.165, 1.54) is 0 Å². The Labute approximate surface area is 106 Å². The molecule has 0 saturated carbocycles. The lowest BCUT2D eigenvalue weighted by Crippen LogP contribution is -2.26. The molecule has 17 heavy (non-hydrogen) atoms. The number of rotatable bonds is 1. The fourth-order valence-electron chi connectivity index (χ4n) is 1.34. The maximum absolute atomic E-state index is 12.1. The predicted molar refractivity (Wildman–Crippen MR) is 70.4 cm³/mol. The first-order valence-electron chi connectivity index (χ1n) is 5.51. The SMILES string of the molecule is CC(C)(C)OC(=O)c1c(C(C)(C)C)nsc1N. The molecule has 1 rings (SSSR count). The molecule has 0 aliphatic heterocycles. The lowest BCUT2D eigenvalue weighted by Gasteiger charge is -2.22. The van der Waals surface area contributed by atoms with Crippen LogP contribution >= 0.6 is 11.5 Å². The first-order chi connectivity index (χ1) is 7.52. The Balaban J connectivity index is 3.14. The summed E-state index contributed by atoms with van der Waals surface area (Å²) in [6.45, 7) is 11.5. The van der Waals surface area contributed by atoms with Crippen molar-refractivity contribution in [2.75, 3.05) is 5.73 Å². The Morgan fingerprint density at radius 2 is 1.76 bits per heavy atom. The van der Waals surface area contributed by atoms with Crippen LogP contribution in [0.4, 0.5) is 5.00 Å². The lowest BCUT2D eigenvalue weighted by molar-refractivity contribution is 0.00684. The van der Waals surface area contributed by atoms with Crippen molar-refractivity contribution in [3.63, 3.8) is 0 Å². The molecule has 0 unspecified atom stereocenters. The Bertz CT molecular complexity index is 425. The van der Waals surface area contributed by atoms with Crippen LogP contribution in [0.5, 0.6) is 0 Å². The van der Waals surface area contributed by atoms with E-state index in [1.807, 2.05) is 41.5 Å². The molecule has 5 heteroatoms. The Morgan fingerprint density at radius 3 is 2.18 bits per heavy atom. The van der Waals surface area contributed by atoms with Gasteiger partial charge in [0.1, 0.15) is 16.2 Å². The summed E-state index contributed by atoms with van der Waals surface area (Å²) in [6.07, 6.45) is 0. The summed E-state index contributed by atoms with van der Waals surface area (Å²) >= 11 is 1.14. The summed E-state index contributed by atoms with van der Waals surface area (Å²) in [5.74, 6) is -0.395. The number of hydrogen-bond acceptors (Lipinski definition) is 5. The molecule has 0 saturated heterocycles. The normalized spacial score (nSPS) is 12.6. The number of nitrogens with two attached hydrogens (primary N) is 1. The van der Waals surface area contributed by atoms with Crippen molar-refractivity contribution in [3.8, 4) is 0 Å². The summed E-state index contributed by atoms with van der Waals surface area (Å²) in [5, 5.41) is 0.421. The summed E-state index contributed by atoms with van der Waals surface area (Å²) in [4.78, 5) is 12.1. The monoisotopic (exact) mass is 256 g/mol. The first-order valence-corrected chi connectivity index (χ1v) is 6.28. The number of anilines is 1. The highest BCUT2D eigenvalue weighted by Crippen LogP contribution is 2.32. The van der Waals surface area contributed by atoms with E-state index in [0.717, 1.165) is 11.5 Å². The van der Waals surface area contributed by atoms with Crippen LogP contribution in [0.15, 0.2) is 0 Å². The van der Waals surface area contributed by atoms with Crippen LogP contribution in [0.25, 0.3) is 0 Å². The molecule has 0 radical (unpaired) electrons. The van der Waals surface area contributed by atoms with Crippen LogP contribution in [0.3, 0.4) is 0 Å². The maximum atomic E-state index is 12.1. The van der Waals surface area contributed by atoms with E-state index in [9.17, 15) is 4.79 Å². The smallest absolute Gasteiger partial charge is 0.343 e. The molecule has 2 N–H and O–H groups in total. The number of hydrogen-bond donors (Lipinski definition) is 1. The van der Waals surface area contributed by atoms with Gasteiger partial charge in [0.25, 0.3) is 0 Å². The molecule has 0 atom stereocenters. The van der Waals surface area contributed by atoms with Gasteiger partial charge < -0.3 is 10.5 Å². The number of carbonyl (C=O) groups excluding carboxylic acids is 1. The Morgan fingerprint density at radius 1 is 1.24 bits per heavy atom. The van der Waals surface area contributed by atoms with E-state index in [-0.39, 0.29) is 5.41 Å². The molecule has 1 aromatic heterocycles. The Hall–Kier alpha value is -1.10. The molecule has 0 fully saturated rings. The minimum absolute atomic E-state index is 0.222. The molecular formula is C12H20N2O2S. The summed E-state index contributed by atoms with van der Waals surface area (Å²) in [7, 11) is 0. The first kappa shape index (κ1) is 14.0. The van der Waals surface area contributed by atoms with Crippen molar-refractivity contribution >= 4 is 22.5 Å². The van der Waals surface area contributed by atoms with Crippen LogP contribution in [-0.2, 0) is 10.2 Å². The third-order valence-electron chi connectivity index (χ3n) is 2.03. The third-order valence-corrected chi connectivity index (χ3v) is 2.71. The van der Waals surface area contributed by atoms with Crippen LogP contribution in [-0.4, -0.2) is 15.9 Å². The maximum Gasteiger partial charge on any atom is 0.343 e.